The Kier molecular flexibility index (Phi) is 8.24. The third kappa shape index (κ3) is 7.24. The van der Waals surface area contributed by atoms with E-state index in [1.165, 1.54) is 38.9 Å². The molecule has 0 aromatic carbocycles. The number of carboxylic acids is 2. The van der Waals surface area contributed by atoms with E-state index in [-0.39, 0.29) is 0 Å². The lowest BCUT2D eigenvalue weighted by Crippen LogP contribution is -2.42. The number of furan rings is 1. The highest BCUT2D eigenvalue weighted by Gasteiger charge is 2.17. The summed E-state index contributed by atoms with van der Waals surface area (Å²) in [7, 11) is 0. The monoisotopic (exact) mass is 312 g/mol. The van der Waals surface area contributed by atoms with Crippen LogP contribution in [0.3, 0.4) is 0 Å². The Balaban J connectivity index is 0.000000346. The summed E-state index contributed by atoms with van der Waals surface area (Å²) in [5.74, 6) is -2.61. The molecule has 1 aromatic heterocycles. The summed E-state index contributed by atoms with van der Waals surface area (Å²) in [5.41, 5.74) is 0. The van der Waals surface area contributed by atoms with E-state index in [9.17, 15) is 0 Å². The van der Waals surface area contributed by atoms with Crippen LogP contribution in [0.2, 0.25) is 0 Å². The number of hydrogen-bond donors (Lipinski definition) is 3. The summed E-state index contributed by atoms with van der Waals surface area (Å²) in [4.78, 5) is 20.8. The van der Waals surface area contributed by atoms with Crippen molar-refractivity contribution in [2.75, 3.05) is 19.6 Å². The van der Waals surface area contributed by atoms with E-state index in [4.69, 9.17) is 24.2 Å². The molecule has 1 aromatic rings. The molecule has 0 radical (unpaired) electrons. The Labute approximate surface area is 129 Å². The summed E-state index contributed by atoms with van der Waals surface area (Å²) in [6.45, 7) is 6.85. The van der Waals surface area contributed by atoms with Gasteiger partial charge in [-0.15, -0.1) is 0 Å². The summed E-state index contributed by atoms with van der Waals surface area (Å²) in [6.07, 6.45) is 5.53. The van der Waals surface area contributed by atoms with Crippen LogP contribution in [0.15, 0.2) is 22.8 Å². The molecule has 7 nitrogen and oxygen atoms in total. The number of piperidine rings is 1. The van der Waals surface area contributed by atoms with E-state index < -0.39 is 11.9 Å². The van der Waals surface area contributed by atoms with Crippen LogP contribution in [0.4, 0.5) is 0 Å². The van der Waals surface area contributed by atoms with Gasteiger partial charge in [-0.3, -0.25) is 0 Å². The topological polar surface area (TPSA) is 103 Å². The van der Waals surface area contributed by atoms with Crippen molar-refractivity contribution in [1.29, 1.82) is 0 Å². The van der Waals surface area contributed by atoms with Crippen LogP contribution in [0.5, 0.6) is 0 Å². The highest BCUT2D eigenvalue weighted by Crippen LogP contribution is 2.11. The molecule has 3 N–H and O–H groups in total. The van der Waals surface area contributed by atoms with Gasteiger partial charge in [-0.05, 0) is 51.0 Å². The fraction of sp³-hybridized carbons (Fsp3) is 0.600. The standard InChI is InChI=1S/C13H22N2O.C2H2O4/c1-2-7-15-8-5-12(6-9-15)14-11-13-4-3-10-16-13;3-1(4)2(5)6/h3-4,10,12,14H,2,5-9,11H2,1H3;(H,3,4)(H,5,6). The van der Waals surface area contributed by atoms with E-state index in [1.54, 1.807) is 6.26 Å². The van der Waals surface area contributed by atoms with Crippen LogP contribution >= 0.6 is 0 Å². The maximum Gasteiger partial charge on any atom is 0.414 e. The van der Waals surface area contributed by atoms with Gasteiger partial charge in [-0.2, -0.15) is 0 Å². The molecule has 0 spiro atoms. The second-order valence-corrected chi connectivity index (χ2v) is 5.19. The van der Waals surface area contributed by atoms with Crippen molar-refractivity contribution in [1.82, 2.24) is 10.2 Å². The number of likely N-dealkylation sites (tertiary alicyclic amines) is 1. The number of carbonyl (C=O) groups is 2. The number of rotatable bonds is 5. The first-order valence-corrected chi connectivity index (χ1v) is 7.47. The lowest BCUT2D eigenvalue weighted by Gasteiger charge is -2.32. The number of hydrogen-bond acceptors (Lipinski definition) is 5. The maximum atomic E-state index is 9.10. The average molecular weight is 312 g/mol. The minimum absolute atomic E-state index is 0.665. The fourth-order valence-corrected chi connectivity index (χ4v) is 2.34. The second kappa shape index (κ2) is 9.97. The maximum absolute atomic E-state index is 9.10. The Morgan fingerprint density at radius 1 is 1.32 bits per heavy atom. The third-order valence-electron chi connectivity index (χ3n) is 3.46. The van der Waals surface area contributed by atoms with Gasteiger partial charge in [-0.25, -0.2) is 9.59 Å². The largest absolute Gasteiger partial charge is 0.473 e. The summed E-state index contributed by atoms with van der Waals surface area (Å²) in [5, 5.41) is 18.3. The summed E-state index contributed by atoms with van der Waals surface area (Å²) in [6, 6.07) is 4.64. The number of carboxylic acid groups (broad SMARTS) is 2. The van der Waals surface area contributed by atoms with Gasteiger partial charge >= 0.3 is 11.9 Å². The van der Waals surface area contributed by atoms with Gasteiger partial charge in [0.25, 0.3) is 0 Å². The first-order valence-electron chi connectivity index (χ1n) is 7.47. The molecule has 0 aliphatic carbocycles. The van der Waals surface area contributed by atoms with Crippen molar-refractivity contribution < 1.29 is 24.2 Å². The first-order chi connectivity index (χ1) is 10.5. The number of nitrogens with zero attached hydrogens (tertiary/aromatic N) is 1. The van der Waals surface area contributed by atoms with Crippen molar-refractivity contribution >= 4 is 11.9 Å². The molecule has 1 aliphatic heterocycles. The van der Waals surface area contributed by atoms with Gasteiger partial charge in [0.15, 0.2) is 0 Å². The van der Waals surface area contributed by atoms with Crippen molar-refractivity contribution in [3.63, 3.8) is 0 Å². The predicted octanol–water partition coefficient (Wildman–Crippen LogP) is 1.40. The van der Waals surface area contributed by atoms with Crippen molar-refractivity contribution in [3.05, 3.63) is 24.2 Å². The van der Waals surface area contributed by atoms with Gasteiger partial charge < -0.3 is 24.8 Å². The zero-order valence-electron chi connectivity index (χ0n) is 12.8. The molecular weight excluding hydrogens is 288 g/mol. The van der Waals surface area contributed by atoms with Crippen LogP contribution in [-0.4, -0.2) is 52.7 Å². The molecule has 1 saturated heterocycles. The Morgan fingerprint density at radius 3 is 2.41 bits per heavy atom. The molecule has 0 bridgehead atoms. The average Bonchev–Trinajstić information content (AvgIpc) is 3.01. The van der Waals surface area contributed by atoms with Crippen LogP contribution < -0.4 is 5.32 Å². The van der Waals surface area contributed by atoms with E-state index in [1.807, 2.05) is 12.1 Å². The highest BCUT2D eigenvalue weighted by molar-refractivity contribution is 6.27. The van der Waals surface area contributed by atoms with E-state index >= 15 is 0 Å². The third-order valence-corrected chi connectivity index (χ3v) is 3.46. The van der Waals surface area contributed by atoms with E-state index in [0.717, 1.165) is 12.3 Å². The smallest absolute Gasteiger partial charge is 0.414 e. The molecule has 0 saturated carbocycles. The van der Waals surface area contributed by atoms with Gasteiger partial charge in [0, 0.05) is 6.04 Å². The lowest BCUT2D eigenvalue weighted by molar-refractivity contribution is -0.159. The number of aliphatic carboxylic acids is 2. The van der Waals surface area contributed by atoms with Gasteiger partial charge in [0.05, 0.1) is 12.8 Å². The molecule has 1 fully saturated rings. The van der Waals surface area contributed by atoms with Crippen molar-refractivity contribution in [3.8, 4) is 0 Å². The number of nitrogens with one attached hydrogen (secondary N) is 1. The first kappa shape index (κ1) is 18.2. The highest BCUT2D eigenvalue weighted by atomic mass is 16.4. The van der Waals surface area contributed by atoms with Gasteiger partial charge in [0.1, 0.15) is 5.76 Å². The Bertz CT molecular complexity index is 427. The van der Waals surface area contributed by atoms with Crippen LogP contribution in [0.1, 0.15) is 31.9 Å². The molecule has 0 unspecified atom stereocenters. The molecule has 124 valence electrons. The van der Waals surface area contributed by atoms with E-state index in [0.29, 0.717) is 6.04 Å². The summed E-state index contributed by atoms with van der Waals surface area (Å²) >= 11 is 0. The van der Waals surface area contributed by atoms with Crippen LogP contribution in [-0.2, 0) is 16.1 Å². The van der Waals surface area contributed by atoms with Crippen molar-refractivity contribution in [2.24, 2.45) is 0 Å². The fourth-order valence-electron chi connectivity index (χ4n) is 2.34. The molecule has 0 amide bonds. The van der Waals surface area contributed by atoms with E-state index in [2.05, 4.69) is 17.1 Å². The normalized spacial score (nSPS) is 15.9. The van der Waals surface area contributed by atoms with Crippen LogP contribution in [0, 0.1) is 0 Å². The second-order valence-electron chi connectivity index (χ2n) is 5.19. The van der Waals surface area contributed by atoms with Crippen LogP contribution in [0.25, 0.3) is 0 Å². The van der Waals surface area contributed by atoms with Gasteiger partial charge in [0.2, 0.25) is 0 Å². The Morgan fingerprint density at radius 2 is 1.95 bits per heavy atom. The SMILES string of the molecule is CCCN1CCC(NCc2ccco2)CC1.O=C(O)C(=O)O. The molecule has 7 heteroatoms. The lowest BCUT2D eigenvalue weighted by atomic mass is 10.0. The predicted molar refractivity (Wildman–Crippen MR) is 80.6 cm³/mol. The van der Waals surface area contributed by atoms with Gasteiger partial charge in [-0.1, -0.05) is 6.92 Å². The molecule has 1 aliphatic rings. The molecule has 0 atom stereocenters. The summed E-state index contributed by atoms with van der Waals surface area (Å²) < 4.78 is 5.31. The van der Waals surface area contributed by atoms with Crippen molar-refractivity contribution in [2.45, 2.75) is 38.8 Å². The minimum atomic E-state index is -1.82. The quantitative estimate of drug-likeness (QED) is 0.706. The zero-order chi connectivity index (χ0) is 16.4. The zero-order valence-corrected chi connectivity index (χ0v) is 12.8. The molecule has 2 heterocycles. The molecular formula is C15H24N2O5. The molecule has 2 rings (SSSR count). The Hall–Kier alpha value is -1.86. The molecule has 22 heavy (non-hydrogen) atoms. The minimum Gasteiger partial charge on any atom is -0.473 e.